The third-order valence-electron chi connectivity index (χ3n) is 7.30. The Morgan fingerprint density at radius 2 is 1.76 bits per heavy atom. The molecule has 198 valence electrons. The number of carbonyl (C=O) groups excluding carboxylic acids is 2. The van der Waals surface area contributed by atoms with Crippen LogP contribution < -0.4 is 5.32 Å². The van der Waals surface area contributed by atoms with Gasteiger partial charge in [-0.3, -0.25) is 9.59 Å². The van der Waals surface area contributed by atoms with Crippen molar-refractivity contribution in [1.29, 1.82) is 0 Å². The number of rotatable bonds is 3. The van der Waals surface area contributed by atoms with Crippen LogP contribution in [0.15, 0.2) is 0 Å². The predicted molar refractivity (Wildman–Crippen MR) is 127 cm³/mol. The Morgan fingerprint density at radius 3 is 2.35 bits per heavy atom. The normalized spacial score (nSPS) is 43.6. The molecule has 0 saturated carbocycles. The third kappa shape index (κ3) is 6.89. The summed E-state index contributed by atoms with van der Waals surface area (Å²) in [6.07, 6.45) is -3.36. The molecular formula is C24H45N3O7. The molecule has 0 radical (unpaired) electrons. The summed E-state index contributed by atoms with van der Waals surface area (Å²) >= 11 is 0. The molecule has 0 aromatic carbocycles. The van der Waals surface area contributed by atoms with Gasteiger partial charge < -0.3 is 39.9 Å². The Labute approximate surface area is 203 Å². The van der Waals surface area contributed by atoms with Crippen molar-refractivity contribution in [3.05, 3.63) is 0 Å². The first-order valence-electron chi connectivity index (χ1n) is 12.2. The maximum absolute atomic E-state index is 12.6. The summed E-state index contributed by atoms with van der Waals surface area (Å²) in [5.41, 5.74) is -1.44. The van der Waals surface area contributed by atoms with Crippen molar-refractivity contribution in [1.82, 2.24) is 15.1 Å². The van der Waals surface area contributed by atoms with Crippen LogP contribution in [0, 0.1) is 17.8 Å². The first-order valence-corrected chi connectivity index (χ1v) is 12.2. The molecule has 0 aromatic rings. The average molecular weight is 488 g/mol. The first-order chi connectivity index (χ1) is 15.7. The lowest BCUT2D eigenvalue weighted by Crippen LogP contribution is -2.59. The smallest absolute Gasteiger partial charge is 0.241 e. The van der Waals surface area contributed by atoms with E-state index in [-0.39, 0.29) is 36.9 Å². The highest BCUT2D eigenvalue weighted by molar-refractivity contribution is 5.85. The van der Waals surface area contributed by atoms with Crippen molar-refractivity contribution >= 4 is 11.8 Å². The fourth-order valence-electron chi connectivity index (χ4n) is 5.34. The lowest BCUT2D eigenvalue weighted by Gasteiger charge is -2.46. The molecule has 10 heteroatoms. The molecule has 10 nitrogen and oxygen atoms in total. The summed E-state index contributed by atoms with van der Waals surface area (Å²) in [6.45, 7) is 8.98. The summed E-state index contributed by atoms with van der Waals surface area (Å²) in [6, 6.07) is -0.197. The van der Waals surface area contributed by atoms with E-state index in [9.17, 15) is 24.9 Å². The topological polar surface area (TPSA) is 132 Å². The molecule has 2 heterocycles. The monoisotopic (exact) mass is 487 g/mol. The molecule has 2 fully saturated rings. The lowest BCUT2D eigenvalue weighted by atomic mass is 9.78. The fraction of sp³-hybridized carbons (Fsp3) is 0.917. The van der Waals surface area contributed by atoms with Gasteiger partial charge in [0, 0.05) is 25.6 Å². The SMILES string of the molecule is C[C@H]1CN(C)C(=O)CNC(=O)[C@H](C)[C@@H](O)[C@H](C)[C@@H](O[C@@H]2O[C@H](C)C[C@H](N(C)C)[C@H]2O)[C@](C)(O)C1. The van der Waals surface area contributed by atoms with Crippen molar-refractivity contribution in [3.8, 4) is 0 Å². The molecule has 34 heavy (non-hydrogen) atoms. The summed E-state index contributed by atoms with van der Waals surface area (Å²) < 4.78 is 12.2. The number of hydrogen-bond acceptors (Lipinski definition) is 8. The van der Waals surface area contributed by atoms with Crippen LogP contribution in [0.2, 0.25) is 0 Å². The molecule has 0 bridgehead atoms. The van der Waals surface area contributed by atoms with Crippen molar-refractivity contribution in [2.45, 2.75) is 89.8 Å². The molecule has 2 aliphatic heterocycles. The summed E-state index contributed by atoms with van der Waals surface area (Å²) in [7, 11) is 5.41. The number of carbonyl (C=O) groups is 2. The van der Waals surface area contributed by atoms with Gasteiger partial charge in [0.15, 0.2) is 6.29 Å². The minimum Gasteiger partial charge on any atom is -0.392 e. The number of aliphatic hydroxyl groups is 3. The van der Waals surface area contributed by atoms with Crippen LogP contribution in [0.3, 0.4) is 0 Å². The highest BCUT2D eigenvalue weighted by Crippen LogP contribution is 2.35. The second-order valence-corrected chi connectivity index (χ2v) is 10.9. The van der Waals surface area contributed by atoms with E-state index in [1.54, 1.807) is 27.8 Å². The van der Waals surface area contributed by atoms with Gasteiger partial charge in [0.25, 0.3) is 0 Å². The summed E-state index contributed by atoms with van der Waals surface area (Å²) in [5, 5.41) is 36.3. The van der Waals surface area contributed by atoms with Crippen LogP contribution in [0.4, 0.5) is 0 Å². The largest absolute Gasteiger partial charge is 0.392 e. The van der Waals surface area contributed by atoms with Gasteiger partial charge in [-0.15, -0.1) is 0 Å². The molecular weight excluding hydrogens is 442 g/mol. The van der Waals surface area contributed by atoms with Gasteiger partial charge in [0.1, 0.15) is 6.10 Å². The zero-order chi connectivity index (χ0) is 26.0. The number of amides is 2. The van der Waals surface area contributed by atoms with E-state index >= 15 is 0 Å². The van der Waals surface area contributed by atoms with Crippen molar-refractivity contribution in [2.75, 3.05) is 34.2 Å². The van der Waals surface area contributed by atoms with Crippen molar-refractivity contribution in [3.63, 3.8) is 0 Å². The van der Waals surface area contributed by atoms with Gasteiger partial charge in [-0.2, -0.15) is 0 Å². The van der Waals surface area contributed by atoms with E-state index in [0.717, 1.165) is 0 Å². The van der Waals surface area contributed by atoms with Crippen LogP contribution >= 0.6 is 0 Å². The fourth-order valence-corrected chi connectivity index (χ4v) is 5.34. The molecule has 4 N–H and O–H groups in total. The van der Waals surface area contributed by atoms with Gasteiger partial charge in [-0.05, 0) is 46.7 Å². The van der Waals surface area contributed by atoms with Crippen LogP contribution in [0.5, 0.6) is 0 Å². The zero-order valence-electron chi connectivity index (χ0n) is 21.9. The van der Waals surface area contributed by atoms with Gasteiger partial charge in [0.05, 0.1) is 36.4 Å². The number of likely N-dealkylation sites (N-methyl/N-ethyl adjacent to an activating group) is 2. The minimum absolute atomic E-state index is 0.0982. The maximum atomic E-state index is 12.6. The van der Waals surface area contributed by atoms with E-state index in [1.807, 2.05) is 32.8 Å². The van der Waals surface area contributed by atoms with Gasteiger partial charge in [-0.25, -0.2) is 0 Å². The van der Waals surface area contributed by atoms with Gasteiger partial charge in [0.2, 0.25) is 11.8 Å². The molecule has 10 atom stereocenters. The summed E-state index contributed by atoms with van der Waals surface area (Å²) in [4.78, 5) is 28.5. The van der Waals surface area contributed by atoms with Crippen LogP contribution in [-0.2, 0) is 19.1 Å². The molecule has 2 saturated heterocycles. The second kappa shape index (κ2) is 11.6. The molecule has 2 rings (SSSR count). The van der Waals surface area contributed by atoms with Crippen LogP contribution in [0.25, 0.3) is 0 Å². The van der Waals surface area contributed by atoms with Crippen LogP contribution in [-0.4, -0.2) is 114 Å². The van der Waals surface area contributed by atoms with E-state index in [1.165, 1.54) is 4.90 Å². The quantitative estimate of drug-likeness (QED) is 0.430. The minimum atomic E-state index is -1.44. The van der Waals surface area contributed by atoms with E-state index in [4.69, 9.17) is 9.47 Å². The Balaban J connectivity index is 2.40. The second-order valence-electron chi connectivity index (χ2n) is 10.9. The summed E-state index contributed by atoms with van der Waals surface area (Å²) in [5.74, 6) is -2.33. The number of nitrogens with one attached hydrogen (secondary N) is 1. The highest BCUT2D eigenvalue weighted by Gasteiger charge is 2.47. The number of aliphatic hydroxyl groups excluding tert-OH is 2. The predicted octanol–water partition coefficient (Wildman–Crippen LogP) is -0.204. The Morgan fingerprint density at radius 1 is 1.15 bits per heavy atom. The lowest BCUT2D eigenvalue weighted by molar-refractivity contribution is -0.299. The highest BCUT2D eigenvalue weighted by atomic mass is 16.7. The number of hydrogen-bond donors (Lipinski definition) is 4. The maximum Gasteiger partial charge on any atom is 0.241 e. The third-order valence-corrected chi connectivity index (χ3v) is 7.30. The number of nitrogens with zero attached hydrogens (tertiary/aromatic N) is 2. The molecule has 0 aromatic heterocycles. The Kier molecular flexibility index (Phi) is 9.89. The zero-order valence-corrected chi connectivity index (χ0v) is 21.9. The average Bonchev–Trinajstić information content (AvgIpc) is 2.74. The molecule has 0 spiro atoms. The Bertz CT molecular complexity index is 704. The van der Waals surface area contributed by atoms with Crippen LogP contribution in [0.1, 0.15) is 47.5 Å². The molecule has 0 unspecified atom stereocenters. The molecule has 0 aliphatic carbocycles. The molecule has 2 aliphatic rings. The van der Waals surface area contributed by atoms with Crippen molar-refractivity contribution < 1.29 is 34.4 Å². The van der Waals surface area contributed by atoms with Gasteiger partial charge in [-0.1, -0.05) is 20.8 Å². The van der Waals surface area contributed by atoms with Gasteiger partial charge >= 0.3 is 0 Å². The Hall–Kier alpha value is -1.30. The number of ether oxygens (including phenoxy) is 2. The van der Waals surface area contributed by atoms with Crippen molar-refractivity contribution in [2.24, 2.45) is 17.8 Å². The van der Waals surface area contributed by atoms with E-state index in [0.29, 0.717) is 13.0 Å². The molecule has 2 amide bonds. The first kappa shape index (κ1) is 28.9. The standard InChI is InChI=1S/C24H45N3O7/c1-13-10-24(5,32)21(34-23-20(30)17(26(6)7)9-14(2)33-23)15(3)19(29)16(4)22(31)25-11-18(28)27(8)12-13/h13-17,19-21,23,29-30,32H,9-12H2,1-8H3,(H,25,31)/t13-,14-,15+,16-,17+,19+,20-,21-,23+,24-/m1/s1. The van der Waals surface area contributed by atoms with E-state index in [2.05, 4.69) is 5.32 Å². The van der Waals surface area contributed by atoms with E-state index < -0.39 is 47.9 Å².